The lowest BCUT2D eigenvalue weighted by molar-refractivity contribution is 0.1000. The highest BCUT2D eigenvalue weighted by molar-refractivity contribution is 5.93. The van der Waals surface area contributed by atoms with Crippen LogP contribution in [0.25, 0.3) is 0 Å². The summed E-state index contributed by atoms with van der Waals surface area (Å²) < 4.78 is 0. The van der Waals surface area contributed by atoms with Gasteiger partial charge in [-0.05, 0) is 18.6 Å². The zero-order valence-electron chi connectivity index (χ0n) is 8.73. The van der Waals surface area contributed by atoms with Crippen LogP contribution in [0.1, 0.15) is 23.7 Å². The van der Waals surface area contributed by atoms with Crippen LogP contribution in [0.15, 0.2) is 18.3 Å². The molecule has 1 amide bonds. The number of pyridine rings is 1. The Balaban J connectivity index is 2.62. The summed E-state index contributed by atoms with van der Waals surface area (Å²) in [6, 6.07) is 3.28. The summed E-state index contributed by atoms with van der Waals surface area (Å²) in [6.45, 7) is 2.64. The van der Waals surface area contributed by atoms with Crippen LogP contribution >= 0.6 is 0 Å². The van der Waals surface area contributed by atoms with Crippen LogP contribution in [-0.4, -0.2) is 23.5 Å². The number of nitrogens with zero attached hydrogens (tertiary/aromatic N) is 1. The first-order chi connectivity index (χ1) is 7.13. The lowest BCUT2D eigenvalue weighted by Crippen LogP contribution is -2.28. The first kappa shape index (κ1) is 11.5. The molecular weight excluding hydrogens is 192 g/mol. The third kappa shape index (κ3) is 3.55. The highest BCUT2D eigenvalue weighted by Crippen LogP contribution is 2.06. The van der Waals surface area contributed by atoms with Crippen molar-refractivity contribution in [1.82, 2.24) is 4.98 Å². The molecule has 5 nitrogen and oxygen atoms in total. The minimum atomic E-state index is -0.458. The Hall–Kier alpha value is -1.62. The number of nitrogens with one attached hydrogen (secondary N) is 1. The van der Waals surface area contributed by atoms with Crippen molar-refractivity contribution in [3.63, 3.8) is 0 Å². The van der Waals surface area contributed by atoms with Crippen LogP contribution in [0.3, 0.4) is 0 Å². The van der Waals surface area contributed by atoms with Crippen LogP contribution in [0.2, 0.25) is 0 Å². The van der Waals surface area contributed by atoms with Gasteiger partial charge in [0.2, 0.25) is 5.91 Å². The molecule has 0 radical (unpaired) electrons. The standard InChI is InChI=1S/C10H16N4O/c1-2-8(11)6-14-9-5-7(10(12)15)3-4-13-9/h3-5,8H,2,6,11H2,1H3,(H2,12,15)(H,13,14). The van der Waals surface area contributed by atoms with Gasteiger partial charge in [0, 0.05) is 24.3 Å². The van der Waals surface area contributed by atoms with Crippen molar-refractivity contribution in [2.45, 2.75) is 19.4 Å². The minimum Gasteiger partial charge on any atom is -0.369 e. The molecule has 15 heavy (non-hydrogen) atoms. The van der Waals surface area contributed by atoms with E-state index in [1.165, 1.54) is 0 Å². The summed E-state index contributed by atoms with van der Waals surface area (Å²) in [5.74, 6) is 0.162. The maximum Gasteiger partial charge on any atom is 0.248 e. The van der Waals surface area contributed by atoms with E-state index >= 15 is 0 Å². The van der Waals surface area contributed by atoms with Crippen molar-refractivity contribution in [3.05, 3.63) is 23.9 Å². The summed E-state index contributed by atoms with van der Waals surface area (Å²) in [5, 5.41) is 3.05. The second kappa shape index (κ2) is 5.31. The lowest BCUT2D eigenvalue weighted by Gasteiger charge is -2.10. The van der Waals surface area contributed by atoms with Gasteiger partial charge in [-0.3, -0.25) is 4.79 Å². The van der Waals surface area contributed by atoms with Crippen molar-refractivity contribution < 1.29 is 4.79 Å². The fourth-order valence-corrected chi connectivity index (χ4v) is 1.06. The van der Waals surface area contributed by atoms with E-state index in [1.54, 1.807) is 18.3 Å². The van der Waals surface area contributed by atoms with Gasteiger partial charge in [-0.15, -0.1) is 0 Å². The molecule has 0 aliphatic heterocycles. The summed E-state index contributed by atoms with van der Waals surface area (Å²) >= 11 is 0. The highest BCUT2D eigenvalue weighted by Gasteiger charge is 2.03. The number of carbonyl (C=O) groups is 1. The van der Waals surface area contributed by atoms with E-state index in [0.29, 0.717) is 17.9 Å². The first-order valence-corrected chi connectivity index (χ1v) is 4.88. The third-order valence-corrected chi connectivity index (χ3v) is 2.11. The summed E-state index contributed by atoms with van der Waals surface area (Å²) in [7, 11) is 0. The van der Waals surface area contributed by atoms with E-state index < -0.39 is 5.91 Å². The number of hydrogen-bond acceptors (Lipinski definition) is 4. The second-order valence-corrected chi connectivity index (χ2v) is 3.34. The Kier molecular flexibility index (Phi) is 4.05. The molecule has 1 unspecified atom stereocenters. The molecule has 0 saturated heterocycles. The Bertz CT molecular complexity index is 340. The maximum absolute atomic E-state index is 10.9. The van der Waals surface area contributed by atoms with Crippen LogP contribution in [0.5, 0.6) is 0 Å². The number of nitrogens with two attached hydrogens (primary N) is 2. The van der Waals surface area contributed by atoms with Gasteiger partial charge >= 0.3 is 0 Å². The molecule has 0 saturated carbocycles. The average Bonchev–Trinajstić information content (AvgIpc) is 2.26. The number of amides is 1. The molecule has 0 aromatic carbocycles. The molecular formula is C10H16N4O. The molecule has 82 valence electrons. The third-order valence-electron chi connectivity index (χ3n) is 2.11. The molecule has 0 aliphatic carbocycles. The average molecular weight is 208 g/mol. The summed E-state index contributed by atoms with van der Waals surface area (Å²) in [5.41, 5.74) is 11.3. The number of anilines is 1. The fraction of sp³-hybridized carbons (Fsp3) is 0.400. The molecule has 1 rings (SSSR count). The van der Waals surface area contributed by atoms with E-state index in [0.717, 1.165) is 6.42 Å². The normalized spacial score (nSPS) is 12.1. The molecule has 0 bridgehead atoms. The van der Waals surface area contributed by atoms with Gasteiger partial charge < -0.3 is 16.8 Å². The van der Waals surface area contributed by atoms with E-state index in [-0.39, 0.29) is 6.04 Å². The molecule has 0 spiro atoms. The molecule has 1 aromatic heterocycles. The summed E-state index contributed by atoms with van der Waals surface area (Å²) in [4.78, 5) is 14.9. The summed E-state index contributed by atoms with van der Waals surface area (Å²) in [6.07, 6.45) is 2.43. The second-order valence-electron chi connectivity index (χ2n) is 3.34. The van der Waals surface area contributed by atoms with Gasteiger partial charge in [0.25, 0.3) is 0 Å². The molecule has 1 atom stereocenters. The fourth-order valence-electron chi connectivity index (χ4n) is 1.06. The predicted molar refractivity (Wildman–Crippen MR) is 59.5 cm³/mol. The molecule has 0 aliphatic rings. The number of primary amides is 1. The maximum atomic E-state index is 10.9. The molecule has 1 aromatic rings. The van der Waals surface area contributed by atoms with E-state index in [2.05, 4.69) is 10.3 Å². The first-order valence-electron chi connectivity index (χ1n) is 4.88. The zero-order valence-corrected chi connectivity index (χ0v) is 8.73. The number of aromatic nitrogens is 1. The molecule has 1 heterocycles. The van der Waals surface area contributed by atoms with E-state index in [1.807, 2.05) is 6.92 Å². The topological polar surface area (TPSA) is 94.0 Å². The monoisotopic (exact) mass is 208 g/mol. The van der Waals surface area contributed by atoms with Crippen LogP contribution in [0, 0.1) is 0 Å². The molecule has 5 N–H and O–H groups in total. The van der Waals surface area contributed by atoms with Crippen molar-refractivity contribution in [1.29, 1.82) is 0 Å². The smallest absolute Gasteiger partial charge is 0.248 e. The van der Waals surface area contributed by atoms with Gasteiger partial charge in [0.15, 0.2) is 0 Å². The van der Waals surface area contributed by atoms with Gasteiger partial charge in [-0.2, -0.15) is 0 Å². The van der Waals surface area contributed by atoms with Crippen LogP contribution < -0.4 is 16.8 Å². The highest BCUT2D eigenvalue weighted by atomic mass is 16.1. The largest absolute Gasteiger partial charge is 0.369 e. The molecule has 0 fully saturated rings. The van der Waals surface area contributed by atoms with E-state index in [4.69, 9.17) is 11.5 Å². The Morgan fingerprint density at radius 1 is 1.67 bits per heavy atom. The Morgan fingerprint density at radius 2 is 2.40 bits per heavy atom. The van der Waals surface area contributed by atoms with E-state index in [9.17, 15) is 4.79 Å². The predicted octanol–water partition coefficient (Wildman–Crippen LogP) is 0.330. The zero-order chi connectivity index (χ0) is 11.3. The van der Waals surface area contributed by atoms with Gasteiger partial charge in [0.05, 0.1) is 0 Å². The number of hydrogen-bond donors (Lipinski definition) is 3. The quantitative estimate of drug-likeness (QED) is 0.650. The van der Waals surface area contributed by atoms with Crippen molar-refractivity contribution in [2.75, 3.05) is 11.9 Å². The van der Waals surface area contributed by atoms with Crippen molar-refractivity contribution in [3.8, 4) is 0 Å². The Morgan fingerprint density at radius 3 is 3.00 bits per heavy atom. The van der Waals surface area contributed by atoms with Crippen molar-refractivity contribution in [2.24, 2.45) is 11.5 Å². The SMILES string of the molecule is CCC(N)CNc1cc(C(N)=O)ccn1. The number of rotatable bonds is 5. The van der Waals surface area contributed by atoms with Crippen LogP contribution in [0.4, 0.5) is 5.82 Å². The number of carbonyl (C=O) groups excluding carboxylic acids is 1. The van der Waals surface area contributed by atoms with Gasteiger partial charge in [-0.1, -0.05) is 6.92 Å². The van der Waals surface area contributed by atoms with Crippen LogP contribution in [-0.2, 0) is 0 Å². The minimum absolute atomic E-state index is 0.0871. The Labute approximate surface area is 88.9 Å². The molecule has 5 heteroatoms. The van der Waals surface area contributed by atoms with Gasteiger partial charge in [-0.25, -0.2) is 4.98 Å². The lowest BCUT2D eigenvalue weighted by atomic mass is 10.2. The van der Waals surface area contributed by atoms with Gasteiger partial charge in [0.1, 0.15) is 5.82 Å². The van der Waals surface area contributed by atoms with Crippen molar-refractivity contribution >= 4 is 11.7 Å².